The number of nitrogens with zero attached hydrogens (tertiary/aromatic N) is 6. The molecular formula is C24H32F12MnN6Sb2. The molecule has 0 aliphatic carbocycles. The Labute approximate surface area is 268 Å². The van der Waals surface area contributed by atoms with Crippen LogP contribution in [0.25, 0.3) is 0 Å². The summed E-state index contributed by atoms with van der Waals surface area (Å²) in [5.41, 5.74) is 2.39. The van der Waals surface area contributed by atoms with Crippen LogP contribution >= 0.6 is 0 Å². The summed E-state index contributed by atoms with van der Waals surface area (Å²) in [5, 5.41) is 14.6. The SMILES string of the molecule is CC#N.CC#N.[F][Sb-]([F])([F])([F])([F])[F].[F][Sb-]([F])([F])([F])([F])[F].[Mn+2].c1ccc(CN2CCCC2C2CCCN2Cc2ccccn2)nc1. The van der Waals surface area contributed by atoms with E-state index in [1.54, 1.807) is 12.1 Å². The summed E-state index contributed by atoms with van der Waals surface area (Å²) in [4.78, 5) is 14.4. The number of aromatic nitrogens is 2. The summed E-state index contributed by atoms with van der Waals surface area (Å²) in [7, 11) is 0. The molecule has 6 nitrogen and oxygen atoms in total. The molecule has 0 amide bonds. The third kappa shape index (κ3) is 32.3. The Bertz CT molecular complexity index is 1100. The van der Waals surface area contributed by atoms with Crippen LogP contribution in [0, 0.1) is 22.7 Å². The molecule has 0 N–H and O–H groups in total. The van der Waals surface area contributed by atoms with Crippen LogP contribution in [0.4, 0.5) is 33.8 Å². The molecular weight excluding hydrogens is 899 g/mol. The van der Waals surface area contributed by atoms with Crippen LogP contribution in [0.15, 0.2) is 48.8 Å². The van der Waals surface area contributed by atoms with Crippen LogP contribution in [-0.2, 0) is 30.2 Å². The van der Waals surface area contributed by atoms with Crippen LogP contribution in [0.2, 0.25) is 0 Å². The number of hydrogen-bond donors (Lipinski definition) is 0. The normalized spacial score (nSPS) is 21.1. The van der Waals surface area contributed by atoms with E-state index in [0.29, 0.717) is 12.1 Å². The van der Waals surface area contributed by atoms with E-state index in [1.807, 2.05) is 24.5 Å². The Morgan fingerprint density at radius 1 is 0.644 bits per heavy atom. The fourth-order valence-corrected chi connectivity index (χ4v) is 4.37. The van der Waals surface area contributed by atoms with Gasteiger partial charge < -0.3 is 0 Å². The second-order valence-corrected chi connectivity index (χ2v) is 20.3. The largest absolute Gasteiger partial charge is 2.00 e. The Balaban J connectivity index is 0. The smallest absolute Gasteiger partial charge is 0.293 e. The second-order valence-electron chi connectivity index (χ2n) is 9.37. The maximum Gasteiger partial charge on any atom is 2.00 e. The van der Waals surface area contributed by atoms with Crippen LogP contribution in [0.1, 0.15) is 50.9 Å². The average molecular weight is 931 g/mol. The molecule has 0 saturated carbocycles. The minimum Gasteiger partial charge on any atom is -0.293 e. The number of hydrogen-bond acceptors (Lipinski definition) is 6. The minimum absolute atomic E-state index is 0. The molecule has 0 bridgehead atoms. The minimum atomic E-state index is -11.2. The summed E-state index contributed by atoms with van der Waals surface area (Å²) in [5.74, 6) is 0. The first-order valence-corrected chi connectivity index (χ1v) is 24.2. The van der Waals surface area contributed by atoms with Crippen LogP contribution in [0.3, 0.4) is 0 Å². The number of likely N-dealkylation sites (tertiary alicyclic amines) is 2. The quantitative estimate of drug-likeness (QED) is 0.222. The summed E-state index contributed by atoms with van der Waals surface area (Å²) >= 11 is -22.5. The van der Waals surface area contributed by atoms with Crippen molar-refractivity contribution in [3.8, 4) is 12.1 Å². The van der Waals surface area contributed by atoms with Gasteiger partial charge in [-0.25, -0.2) is 0 Å². The average Bonchev–Trinajstić information content (AvgIpc) is 3.46. The van der Waals surface area contributed by atoms with Crippen molar-refractivity contribution in [2.75, 3.05) is 13.1 Å². The number of rotatable bonds is 5. The van der Waals surface area contributed by atoms with E-state index in [2.05, 4.69) is 44.0 Å². The third-order valence-electron chi connectivity index (χ3n) is 5.46. The van der Waals surface area contributed by atoms with Gasteiger partial charge in [-0.3, -0.25) is 19.8 Å². The van der Waals surface area contributed by atoms with Crippen molar-refractivity contribution in [1.82, 2.24) is 19.8 Å². The van der Waals surface area contributed by atoms with E-state index in [9.17, 15) is 33.8 Å². The summed E-state index contributed by atoms with van der Waals surface area (Å²) < 4.78 is 119. The third-order valence-corrected chi connectivity index (χ3v) is 5.46. The van der Waals surface area contributed by atoms with E-state index in [1.165, 1.54) is 64.0 Å². The zero-order chi connectivity index (χ0) is 34.4. The molecule has 2 aromatic heterocycles. The fourth-order valence-electron chi connectivity index (χ4n) is 4.37. The molecule has 21 heteroatoms. The maximum atomic E-state index is 9.93. The van der Waals surface area contributed by atoms with Gasteiger partial charge in [0.2, 0.25) is 0 Å². The molecule has 259 valence electrons. The van der Waals surface area contributed by atoms with Crippen molar-refractivity contribution < 1.29 is 50.8 Å². The van der Waals surface area contributed by atoms with Gasteiger partial charge in [-0.15, -0.1) is 0 Å². The van der Waals surface area contributed by atoms with E-state index < -0.39 is 39.0 Å². The molecule has 2 aliphatic rings. The van der Waals surface area contributed by atoms with E-state index >= 15 is 0 Å². The first kappa shape index (κ1) is 45.6. The molecule has 45 heavy (non-hydrogen) atoms. The van der Waals surface area contributed by atoms with Gasteiger partial charge in [0.25, 0.3) is 0 Å². The fraction of sp³-hybridized carbons (Fsp3) is 0.500. The van der Waals surface area contributed by atoms with Crippen molar-refractivity contribution in [2.45, 2.75) is 64.7 Å². The zero-order valence-corrected chi connectivity index (χ0v) is 30.2. The standard InChI is InChI=1S/C20H26N4.2C2H3N.12FH.Mn.2Sb/c1-3-11-21-17(7-1)15-23-13-5-9-19(23)20-10-6-14-24(20)16-18-8-2-4-12-22-18;2*1-2-3;;;;;;;;;;;;;;;/h1-4,7-8,11-12,19-20H,5-6,9-10,13-16H2;2*1H3;12*1H;;;/q;;;;;;;;;;;;;;;+2;2*+5/p-12. The first-order valence-electron chi connectivity index (χ1n) is 12.7. The monoisotopic (exact) mass is 929 g/mol. The molecule has 2 fully saturated rings. The van der Waals surface area contributed by atoms with E-state index in [0.717, 1.165) is 13.1 Å². The molecule has 2 aliphatic heterocycles. The Morgan fingerprint density at radius 3 is 1.13 bits per heavy atom. The van der Waals surface area contributed by atoms with Gasteiger partial charge in [-0.05, 0) is 63.0 Å². The first-order chi connectivity index (χ1) is 19.6. The van der Waals surface area contributed by atoms with Crippen molar-refractivity contribution in [1.29, 1.82) is 10.5 Å². The van der Waals surface area contributed by atoms with Gasteiger partial charge in [-0.2, -0.15) is 10.5 Å². The number of halogens is 12. The van der Waals surface area contributed by atoms with Gasteiger partial charge in [-0.1, -0.05) is 12.1 Å². The molecule has 2 unspecified atom stereocenters. The van der Waals surface area contributed by atoms with Gasteiger partial charge in [0.1, 0.15) is 0 Å². The predicted molar refractivity (Wildman–Crippen MR) is 143 cm³/mol. The molecule has 0 aromatic carbocycles. The van der Waals surface area contributed by atoms with Crippen molar-refractivity contribution in [3.63, 3.8) is 0 Å². The molecule has 2 atom stereocenters. The molecule has 4 rings (SSSR count). The van der Waals surface area contributed by atoms with E-state index in [-0.39, 0.29) is 17.1 Å². The molecule has 0 spiro atoms. The van der Waals surface area contributed by atoms with Crippen molar-refractivity contribution in [3.05, 3.63) is 60.2 Å². The number of pyridine rings is 2. The van der Waals surface area contributed by atoms with Gasteiger partial charge in [0.05, 0.1) is 23.5 Å². The van der Waals surface area contributed by atoms with Crippen LogP contribution in [-0.4, -0.2) is 83.9 Å². The Kier molecular flexibility index (Phi) is 16.8. The zero-order valence-electron chi connectivity index (χ0n) is 23.9. The number of nitriles is 2. The van der Waals surface area contributed by atoms with Crippen LogP contribution < -0.4 is 0 Å². The van der Waals surface area contributed by atoms with Gasteiger partial charge >= 0.3 is 89.8 Å². The van der Waals surface area contributed by atoms with Crippen LogP contribution in [0.5, 0.6) is 0 Å². The van der Waals surface area contributed by atoms with Crippen molar-refractivity contribution >= 4 is 39.0 Å². The Hall–Kier alpha value is -1.48. The maximum absolute atomic E-state index is 11.2. The molecule has 1 radical (unpaired) electrons. The molecule has 2 saturated heterocycles. The molecule has 2 aromatic rings. The second kappa shape index (κ2) is 16.6. The topological polar surface area (TPSA) is 79.8 Å². The summed E-state index contributed by atoms with van der Waals surface area (Å²) in [6.45, 7) is 7.24. The Morgan fingerprint density at radius 2 is 0.911 bits per heavy atom. The summed E-state index contributed by atoms with van der Waals surface area (Å²) in [6.07, 6.45) is 9.07. The molecule has 4 heterocycles. The van der Waals surface area contributed by atoms with E-state index in [4.69, 9.17) is 10.5 Å². The van der Waals surface area contributed by atoms with Gasteiger partial charge in [0, 0.05) is 51.4 Å². The predicted octanol–water partition coefficient (Wildman–Crippen LogP) is 8.44. The van der Waals surface area contributed by atoms with Gasteiger partial charge in [0.15, 0.2) is 0 Å². The summed E-state index contributed by atoms with van der Waals surface area (Å²) in [6, 6.07) is 17.3. The van der Waals surface area contributed by atoms with Crippen molar-refractivity contribution in [2.24, 2.45) is 0 Å².